The molecule has 4 nitrogen and oxygen atoms in total. The molecule has 1 aromatic carbocycles. The van der Waals surface area contributed by atoms with Gasteiger partial charge in [-0.15, -0.1) is 0 Å². The van der Waals surface area contributed by atoms with E-state index in [2.05, 4.69) is 26.0 Å². The van der Waals surface area contributed by atoms with Crippen LogP contribution in [0.25, 0.3) is 0 Å². The summed E-state index contributed by atoms with van der Waals surface area (Å²) in [4.78, 5) is 0. The van der Waals surface area contributed by atoms with Crippen molar-refractivity contribution < 1.29 is 62.1 Å². The van der Waals surface area contributed by atoms with Gasteiger partial charge in [0.25, 0.3) is 0 Å². The minimum absolute atomic E-state index is 0.0450. The van der Waals surface area contributed by atoms with Gasteiger partial charge in [0.15, 0.2) is 0 Å². The summed E-state index contributed by atoms with van der Waals surface area (Å²) in [5, 5.41) is 10.2. The number of benzene rings is 1. The average molecular weight is 603 g/mol. The summed E-state index contributed by atoms with van der Waals surface area (Å²) in [7, 11) is 0. The van der Waals surface area contributed by atoms with E-state index in [-0.39, 0.29) is 23.5 Å². The van der Waals surface area contributed by atoms with E-state index in [1.54, 1.807) is -0.764 Å². The quantitative estimate of drug-likeness (QED) is 0.461. The van der Waals surface area contributed by atoms with Crippen LogP contribution in [0.4, 0.5) is 0 Å². The zero-order valence-electron chi connectivity index (χ0n) is 14.8. The van der Waals surface area contributed by atoms with Gasteiger partial charge in [-0.3, -0.25) is 0 Å². The van der Waals surface area contributed by atoms with E-state index in [4.69, 9.17) is 14.2 Å². The second kappa shape index (κ2) is 8.14. The Balaban J connectivity index is 1.95. The van der Waals surface area contributed by atoms with Crippen LogP contribution in [0, 0.1) is 54.1 Å². The van der Waals surface area contributed by atoms with Gasteiger partial charge >= 0.3 is 211 Å². The number of fused-ring (bicyclic) bond motifs is 3. The van der Waals surface area contributed by atoms with Crippen molar-refractivity contribution >= 4 is 54.8 Å². The molecule has 3 rings (SSSR count). The molecule has 4 atom stereocenters. The van der Waals surface area contributed by atoms with Crippen molar-refractivity contribution in [2.75, 3.05) is 6.61 Å². The van der Waals surface area contributed by atoms with Crippen molar-refractivity contribution in [3.63, 3.8) is 0 Å². The van der Waals surface area contributed by atoms with E-state index < -0.39 is 6.29 Å². The molecule has 3 unspecified atom stereocenters. The Morgan fingerprint density at radius 3 is 2.70 bits per heavy atom. The van der Waals surface area contributed by atoms with E-state index in [0.29, 0.717) is 118 Å². The molecule has 2 aliphatic rings. The molecule has 0 amide bonds. The van der Waals surface area contributed by atoms with E-state index in [1.165, 1.54) is 11.1 Å². The minimum atomic E-state index is -0.786. The number of rotatable bonds is 0. The SMILES string of the molecule is CC1C(O)OC2COCc3c[c]([RaH])[c]([Rb])cc3CO[C@@H]1C2(C)C. The molecule has 2 bridgehead atoms. The monoisotopic (exact) mass is 602 g/mol. The van der Waals surface area contributed by atoms with Gasteiger partial charge in [0.2, 0.25) is 0 Å². The van der Waals surface area contributed by atoms with Gasteiger partial charge in [-0.1, -0.05) is 0 Å². The van der Waals surface area contributed by atoms with Crippen LogP contribution in [-0.4, -0.2) is 85.7 Å². The van der Waals surface area contributed by atoms with Crippen LogP contribution in [-0.2, 0) is 27.4 Å². The Morgan fingerprint density at radius 2 is 1.96 bits per heavy atom. The van der Waals surface area contributed by atoms with Gasteiger partial charge < -0.3 is 0 Å². The van der Waals surface area contributed by atoms with Gasteiger partial charge in [0, 0.05) is 0 Å². The molecule has 0 spiro atoms. The molecular weight excluding hydrogens is 580 g/mol. The van der Waals surface area contributed by atoms with Crippen LogP contribution in [0.3, 0.4) is 0 Å². The Hall–Kier alpha value is 2.33. The standard InChI is InChI=1S/C17H22O4.Ra.Rb.H/c1-11-15-17(2,3)14(21-16(11)18)10-19-8-12-6-4-5-7-13(12)9-20-15;;;/h6-7,11,14-16,18H,8-10H2,1-3H3;;;/t11?,14?,15-,16?;;;/m0.../s1. The van der Waals surface area contributed by atoms with Crippen LogP contribution in [0.5, 0.6) is 0 Å². The summed E-state index contributed by atoms with van der Waals surface area (Å²) in [5.41, 5.74) is 2.35. The molecule has 1 N–H and O–H groups in total. The van der Waals surface area contributed by atoms with Crippen molar-refractivity contribution in [1.29, 1.82) is 0 Å². The fraction of sp³-hybridized carbons (Fsp3) is 0.647. The van der Waals surface area contributed by atoms with Crippen LogP contribution in [0.1, 0.15) is 31.9 Å². The first-order chi connectivity index (χ1) is 10.8. The Labute approximate surface area is 206 Å². The van der Waals surface area contributed by atoms with Crippen molar-refractivity contribution in [3.8, 4) is 0 Å². The zero-order valence-corrected chi connectivity index (χ0v) is 27.9. The summed E-state index contributed by atoms with van der Waals surface area (Å²) < 4.78 is 21.3. The number of hydrogen-bond donors (Lipinski definition) is 1. The molecule has 0 saturated carbocycles. The Morgan fingerprint density at radius 1 is 1.26 bits per heavy atom. The van der Waals surface area contributed by atoms with Crippen LogP contribution >= 0.6 is 0 Å². The predicted molar refractivity (Wildman–Crippen MR) is 84.9 cm³/mol. The Kier molecular flexibility index (Phi) is 7.11. The summed E-state index contributed by atoms with van der Waals surface area (Å²) in [6.07, 6.45) is -0.980. The molecule has 6 heteroatoms. The van der Waals surface area contributed by atoms with Crippen LogP contribution < -0.4 is -0.764 Å². The third kappa shape index (κ3) is 4.27. The second-order valence-corrected chi connectivity index (χ2v) is 14.7. The first kappa shape index (κ1) is 20.1. The summed E-state index contributed by atoms with van der Waals surface area (Å²) >= 11 is 0.907. The number of ether oxygens (including phenoxy) is 3. The van der Waals surface area contributed by atoms with Crippen molar-refractivity contribution in [2.45, 2.75) is 52.5 Å². The Bertz CT molecular complexity index is 592. The fourth-order valence-corrected chi connectivity index (χ4v) is 7.00. The maximum atomic E-state index is 10.2. The van der Waals surface area contributed by atoms with E-state index >= 15 is 0 Å². The molecule has 118 valence electrons. The van der Waals surface area contributed by atoms with E-state index in [1.807, 2.05) is 6.92 Å². The number of aliphatic hydroxyl groups excluding tert-OH is 1. The van der Waals surface area contributed by atoms with Crippen LogP contribution in [0.2, 0.25) is 0 Å². The molecule has 0 radical (unpaired) electrons. The van der Waals surface area contributed by atoms with Gasteiger partial charge in [0.1, 0.15) is 0 Å². The normalized spacial score (nSPS) is 33.8. The van der Waals surface area contributed by atoms with Gasteiger partial charge in [-0.2, -0.15) is 0 Å². The summed E-state index contributed by atoms with van der Waals surface area (Å²) in [6, 6.07) is 4.69. The summed E-state index contributed by atoms with van der Waals surface area (Å²) in [6.45, 7) is 8.02. The third-order valence-corrected chi connectivity index (χ3v) is 22.7. The van der Waals surface area contributed by atoms with Crippen LogP contribution in [0.15, 0.2) is 12.1 Å². The van der Waals surface area contributed by atoms with Gasteiger partial charge in [-0.25, -0.2) is 0 Å². The van der Waals surface area contributed by atoms with Gasteiger partial charge in [-0.05, 0) is 0 Å². The fourth-order valence-electron chi connectivity index (χ4n) is 3.76. The molecular formula is C17H23O4RaRb. The first-order valence-corrected chi connectivity index (χ1v) is 15.0. The van der Waals surface area contributed by atoms with E-state index in [0.717, 1.165) is 0 Å². The van der Waals surface area contributed by atoms with Crippen molar-refractivity contribution in [1.82, 2.24) is 0 Å². The average Bonchev–Trinajstić information content (AvgIpc) is 2.47. The molecule has 0 aromatic heterocycles. The zero-order chi connectivity index (χ0) is 16.8. The van der Waals surface area contributed by atoms with E-state index in [9.17, 15) is 5.11 Å². The maximum absolute atomic E-state index is 10.2. The second-order valence-electron chi connectivity index (χ2n) is 7.65. The molecule has 2 heterocycles. The third-order valence-electron chi connectivity index (χ3n) is 5.56. The van der Waals surface area contributed by atoms with Gasteiger partial charge in [0.05, 0.1) is 0 Å². The molecule has 1 saturated heterocycles. The number of aliphatic hydroxyl groups is 1. The van der Waals surface area contributed by atoms with Crippen molar-refractivity contribution in [3.05, 3.63) is 23.3 Å². The molecule has 23 heavy (non-hydrogen) atoms. The topological polar surface area (TPSA) is 47.9 Å². The molecule has 2 aliphatic heterocycles. The summed E-state index contributed by atoms with van der Waals surface area (Å²) in [5.74, 6) is -0.0490. The first-order valence-electron chi connectivity index (χ1n) is 8.42. The predicted octanol–water partition coefficient (Wildman–Crippen LogP) is 0.182. The van der Waals surface area contributed by atoms with Crippen molar-refractivity contribution in [2.24, 2.45) is 11.3 Å². The molecule has 1 aromatic rings. The number of hydrogen-bond acceptors (Lipinski definition) is 4. The molecule has 0 aliphatic carbocycles. The molecule has 1 fully saturated rings.